The van der Waals surface area contributed by atoms with Crippen molar-refractivity contribution >= 4 is 16.5 Å². The van der Waals surface area contributed by atoms with Gasteiger partial charge in [-0.25, -0.2) is 0 Å². The zero-order chi connectivity index (χ0) is 15.7. The van der Waals surface area contributed by atoms with E-state index in [0.717, 1.165) is 22.1 Å². The van der Waals surface area contributed by atoms with Crippen LogP contribution in [0, 0.1) is 0 Å². The molecule has 0 spiro atoms. The summed E-state index contributed by atoms with van der Waals surface area (Å²) in [5.41, 5.74) is 3.41. The van der Waals surface area contributed by atoms with Crippen LogP contribution in [0.3, 0.4) is 0 Å². The second-order valence-corrected chi connectivity index (χ2v) is 5.19. The number of allylic oxidation sites excluding steroid dienone is 4. The molecular formula is C19H16O3. The quantitative estimate of drug-likeness (QED) is 0.555. The molecule has 2 aliphatic rings. The normalized spacial score (nSPS) is 12.5. The van der Waals surface area contributed by atoms with Crippen molar-refractivity contribution in [3.63, 3.8) is 0 Å². The molecule has 0 radical (unpaired) electrons. The predicted octanol–water partition coefficient (Wildman–Crippen LogP) is 4.58. The average Bonchev–Trinajstić information content (AvgIpc) is 2.49. The molecular weight excluding hydrogens is 276 g/mol. The topological polar surface area (TPSA) is 50.4 Å². The molecule has 0 fully saturated rings. The van der Waals surface area contributed by atoms with Crippen molar-refractivity contribution in [2.24, 2.45) is 0 Å². The molecule has 1 heterocycles. The number of rotatable bonds is 2. The third-order valence-corrected chi connectivity index (χ3v) is 3.61. The fourth-order valence-electron chi connectivity index (χ4n) is 2.61. The molecule has 0 amide bonds. The van der Waals surface area contributed by atoms with E-state index in [1.165, 1.54) is 12.1 Å². The van der Waals surface area contributed by atoms with Crippen LogP contribution in [0.2, 0.25) is 0 Å². The number of phenolic OH excluding ortho intramolecular Hbond substituents is 1. The van der Waals surface area contributed by atoms with Gasteiger partial charge in [0.1, 0.15) is 17.1 Å². The van der Waals surface area contributed by atoms with E-state index in [1.807, 2.05) is 38.1 Å². The first-order valence-corrected chi connectivity index (χ1v) is 7.09. The zero-order valence-electron chi connectivity index (χ0n) is 12.5. The highest BCUT2D eigenvalue weighted by Gasteiger charge is 2.16. The van der Waals surface area contributed by atoms with Crippen molar-refractivity contribution in [2.45, 2.75) is 13.8 Å². The van der Waals surface area contributed by atoms with E-state index in [1.54, 1.807) is 18.2 Å². The van der Waals surface area contributed by atoms with Crippen molar-refractivity contribution in [1.29, 1.82) is 0 Å². The Morgan fingerprint density at radius 3 is 2.77 bits per heavy atom. The van der Waals surface area contributed by atoms with Gasteiger partial charge in [-0.05, 0) is 49.2 Å². The summed E-state index contributed by atoms with van der Waals surface area (Å²) in [7, 11) is 0. The van der Waals surface area contributed by atoms with Crippen molar-refractivity contribution in [1.82, 2.24) is 0 Å². The number of benzene rings is 2. The number of hydrogen-bond donors (Lipinski definition) is 1. The predicted molar refractivity (Wildman–Crippen MR) is 89.2 cm³/mol. The number of aromatic hydroxyl groups is 1. The highest BCUT2D eigenvalue weighted by atomic mass is 16.3. The van der Waals surface area contributed by atoms with Gasteiger partial charge in [-0.2, -0.15) is 0 Å². The van der Waals surface area contributed by atoms with Gasteiger partial charge in [0.15, 0.2) is 5.43 Å². The molecule has 110 valence electrons. The van der Waals surface area contributed by atoms with Gasteiger partial charge in [-0.3, -0.25) is 4.79 Å². The summed E-state index contributed by atoms with van der Waals surface area (Å²) in [6.07, 6.45) is 5.95. The Bertz CT molecular complexity index is 929. The minimum Gasteiger partial charge on any atom is -0.508 e. The minimum absolute atomic E-state index is 0.100. The molecule has 0 saturated carbocycles. The van der Waals surface area contributed by atoms with Crippen LogP contribution in [0.15, 0.2) is 63.8 Å². The van der Waals surface area contributed by atoms with Gasteiger partial charge in [-0.1, -0.05) is 18.2 Å². The second-order valence-electron chi connectivity index (χ2n) is 5.19. The Labute approximate surface area is 128 Å². The summed E-state index contributed by atoms with van der Waals surface area (Å²) in [5.74, 6) is 0.656. The van der Waals surface area contributed by atoms with Gasteiger partial charge in [-0.15, -0.1) is 0 Å². The molecule has 3 rings (SSSR count). The molecule has 0 unspecified atom stereocenters. The van der Waals surface area contributed by atoms with E-state index < -0.39 is 0 Å². The van der Waals surface area contributed by atoms with Crippen molar-refractivity contribution in [2.75, 3.05) is 0 Å². The second kappa shape index (κ2) is 5.53. The minimum atomic E-state index is -0.100. The average molecular weight is 292 g/mol. The van der Waals surface area contributed by atoms with Crippen LogP contribution in [-0.4, -0.2) is 5.11 Å². The Balaban J connectivity index is 2.46. The van der Waals surface area contributed by atoms with E-state index in [2.05, 4.69) is 0 Å². The van der Waals surface area contributed by atoms with E-state index >= 15 is 0 Å². The smallest absolute Gasteiger partial charge is 0.182 e. The first kappa shape index (κ1) is 14.1. The Kier molecular flexibility index (Phi) is 3.55. The lowest BCUT2D eigenvalue weighted by Crippen LogP contribution is -2.00. The first-order chi connectivity index (χ1) is 10.6. The van der Waals surface area contributed by atoms with Gasteiger partial charge in [0.05, 0.1) is 0 Å². The van der Waals surface area contributed by atoms with E-state index in [-0.39, 0.29) is 11.2 Å². The van der Waals surface area contributed by atoms with Crippen LogP contribution in [0.4, 0.5) is 0 Å². The molecule has 22 heavy (non-hydrogen) atoms. The lowest BCUT2D eigenvalue weighted by atomic mass is 9.94. The number of fused-ring (bicyclic) bond motifs is 2. The summed E-state index contributed by atoms with van der Waals surface area (Å²) in [5, 5.41) is 10.6. The molecule has 0 bridgehead atoms. The largest absolute Gasteiger partial charge is 0.508 e. The van der Waals surface area contributed by atoms with Crippen LogP contribution in [-0.2, 0) is 0 Å². The molecule has 0 aromatic heterocycles. The van der Waals surface area contributed by atoms with Gasteiger partial charge < -0.3 is 9.52 Å². The molecule has 1 aliphatic heterocycles. The lowest BCUT2D eigenvalue weighted by molar-refractivity contribution is 0.474. The summed E-state index contributed by atoms with van der Waals surface area (Å²) in [6.45, 7) is 3.98. The maximum atomic E-state index is 11.6. The molecule has 1 aliphatic carbocycles. The lowest BCUT2D eigenvalue weighted by Gasteiger charge is -2.15. The summed E-state index contributed by atoms with van der Waals surface area (Å²) in [4.78, 5) is 11.6. The molecule has 1 aromatic rings. The first-order valence-electron chi connectivity index (χ1n) is 7.09. The maximum Gasteiger partial charge on any atom is 0.182 e. The van der Waals surface area contributed by atoms with E-state index in [9.17, 15) is 9.90 Å². The summed E-state index contributed by atoms with van der Waals surface area (Å²) >= 11 is 0. The third-order valence-electron chi connectivity index (χ3n) is 3.61. The van der Waals surface area contributed by atoms with Crippen LogP contribution in [0.5, 0.6) is 5.75 Å². The van der Waals surface area contributed by atoms with Crippen LogP contribution >= 0.6 is 0 Å². The van der Waals surface area contributed by atoms with E-state index in [4.69, 9.17) is 4.42 Å². The fraction of sp³-hybridized carbons (Fsp3) is 0.105. The SMILES string of the molecule is C/C=C\C=C(/C)c1c2ccc(=O)cc-2oc2cc(O)ccc12. The van der Waals surface area contributed by atoms with Gasteiger partial charge in [0.2, 0.25) is 0 Å². The molecule has 1 N–H and O–H groups in total. The van der Waals surface area contributed by atoms with Gasteiger partial charge in [0, 0.05) is 23.1 Å². The summed E-state index contributed by atoms with van der Waals surface area (Å²) in [6, 6.07) is 9.84. The van der Waals surface area contributed by atoms with E-state index in [0.29, 0.717) is 11.3 Å². The Hall–Kier alpha value is -2.81. The van der Waals surface area contributed by atoms with Crippen LogP contribution < -0.4 is 5.43 Å². The third kappa shape index (κ3) is 2.42. The van der Waals surface area contributed by atoms with Crippen molar-refractivity contribution in [3.8, 4) is 17.1 Å². The van der Waals surface area contributed by atoms with Gasteiger partial charge >= 0.3 is 0 Å². The molecule has 3 heteroatoms. The monoisotopic (exact) mass is 292 g/mol. The molecule has 3 nitrogen and oxygen atoms in total. The molecule has 0 saturated heterocycles. The number of phenols is 1. The summed E-state index contributed by atoms with van der Waals surface area (Å²) < 4.78 is 5.80. The number of hydrogen-bond acceptors (Lipinski definition) is 3. The highest BCUT2D eigenvalue weighted by molar-refractivity contribution is 5.98. The van der Waals surface area contributed by atoms with Crippen LogP contribution in [0.1, 0.15) is 19.4 Å². The standard InChI is InChI=1S/C19H16O3/c1-3-4-5-12(2)19-15-8-6-13(20)10-17(15)22-18-11-14(21)7-9-16(18)19/h3-11,20H,1-2H3/b4-3-,12-5+. The fourth-order valence-corrected chi connectivity index (χ4v) is 2.61. The molecule has 1 aromatic carbocycles. The maximum absolute atomic E-state index is 11.6. The Morgan fingerprint density at radius 2 is 2.00 bits per heavy atom. The van der Waals surface area contributed by atoms with Crippen molar-refractivity contribution in [3.05, 3.63) is 70.4 Å². The van der Waals surface area contributed by atoms with Crippen molar-refractivity contribution < 1.29 is 9.52 Å². The molecule has 0 atom stereocenters. The van der Waals surface area contributed by atoms with Gasteiger partial charge in [0.25, 0.3) is 0 Å². The van der Waals surface area contributed by atoms with Crippen LogP contribution in [0.25, 0.3) is 27.9 Å². The highest BCUT2D eigenvalue weighted by Crippen LogP contribution is 2.37. The Morgan fingerprint density at radius 1 is 1.18 bits per heavy atom. The zero-order valence-corrected chi connectivity index (χ0v) is 12.5.